The van der Waals surface area contributed by atoms with Crippen molar-refractivity contribution in [1.29, 1.82) is 0 Å². The van der Waals surface area contributed by atoms with Crippen LogP contribution < -0.4 is 0 Å². The summed E-state index contributed by atoms with van der Waals surface area (Å²) in [5.74, 6) is 2.76. The summed E-state index contributed by atoms with van der Waals surface area (Å²) in [6.45, 7) is 9.24. The van der Waals surface area contributed by atoms with Gasteiger partial charge in [-0.2, -0.15) is 9.97 Å². The molecule has 2 aromatic heterocycles. The third kappa shape index (κ3) is 4.40. The van der Waals surface area contributed by atoms with E-state index in [1.165, 1.54) is 5.56 Å². The van der Waals surface area contributed by atoms with E-state index < -0.39 is 0 Å². The smallest absolute Gasteiger partial charge is 0.241 e. The summed E-state index contributed by atoms with van der Waals surface area (Å²) < 4.78 is 10.7. The van der Waals surface area contributed by atoms with Gasteiger partial charge in [-0.25, -0.2) is 0 Å². The number of aryl methyl sites for hydroxylation is 2. The number of aromatic nitrogens is 4. The largest absolute Gasteiger partial charge is 0.338 e. The van der Waals surface area contributed by atoms with Crippen LogP contribution in [-0.4, -0.2) is 56.3 Å². The van der Waals surface area contributed by atoms with Gasteiger partial charge in [0.1, 0.15) is 0 Å². The van der Waals surface area contributed by atoms with Crippen molar-refractivity contribution in [3.05, 3.63) is 47.4 Å². The fourth-order valence-corrected chi connectivity index (χ4v) is 3.13. The Morgan fingerprint density at radius 1 is 0.852 bits per heavy atom. The maximum absolute atomic E-state index is 5.44. The average Bonchev–Trinajstić information content (AvgIpc) is 3.33. The molecule has 0 aliphatic carbocycles. The van der Waals surface area contributed by atoms with Crippen molar-refractivity contribution in [3.63, 3.8) is 0 Å². The van der Waals surface area contributed by atoms with E-state index in [1.54, 1.807) is 0 Å². The van der Waals surface area contributed by atoms with Crippen LogP contribution in [0.4, 0.5) is 0 Å². The fraction of sp³-hybridized carbons (Fsp3) is 0.474. The van der Waals surface area contributed by atoms with Crippen molar-refractivity contribution >= 4 is 0 Å². The molecule has 0 radical (unpaired) electrons. The highest BCUT2D eigenvalue weighted by molar-refractivity contribution is 5.54. The number of piperazine rings is 1. The second-order valence-electron chi connectivity index (χ2n) is 6.89. The van der Waals surface area contributed by atoms with Gasteiger partial charge >= 0.3 is 0 Å². The van der Waals surface area contributed by atoms with Gasteiger partial charge in [-0.05, 0) is 6.92 Å². The van der Waals surface area contributed by atoms with Crippen LogP contribution in [-0.2, 0) is 19.5 Å². The highest BCUT2D eigenvalue weighted by atomic mass is 16.5. The van der Waals surface area contributed by atoms with Gasteiger partial charge in [0, 0.05) is 38.2 Å². The Bertz CT molecular complexity index is 864. The first kappa shape index (κ1) is 17.8. The lowest BCUT2D eigenvalue weighted by Gasteiger charge is -2.32. The van der Waals surface area contributed by atoms with E-state index in [1.807, 2.05) is 19.1 Å². The molecule has 27 heavy (non-hydrogen) atoms. The quantitative estimate of drug-likeness (QED) is 0.655. The molecular weight excluding hydrogens is 344 g/mol. The molecule has 3 aromatic rings. The molecule has 1 saturated heterocycles. The van der Waals surface area contributed by atoms with Crippen LogP contribution in [0.15, 0.2) is 33.3 Å². The van der Waals surface area contributed by atoms with Crippen LogP contribution in [0.2, 0.25) is 0 Å². The number of nitrogens with zero attached hydrogens (tertiary/aromatic N) is 6. The summed E-state index contributed by atoms with van der Waals surface area (Å²) in [6, 6.07) is 8.14. The Balaban J connectivity index is 1.28. The second-order valence-corrected chi connectivity index (χ2v) is 6.89. The van der Waals surface area contributed by atoms with Crippen molar-refractivity contribution in [2.24, 2.45) is 0 Å². The standard InChI is InChI=1S/C19H24N6O2/c1-3-16-20-17(26-22-16)12-24-8-10-25(11-9-24)13-18-21-19(23-27-18)15-6-4-14(2)5-7-15/h4-7H,3,8-13H2,1-2H3. The zero-order chi connectivity index (χ0) is 18.6. The molecule has 3 heterocycles. The molecule has 1 aromatic carbocycles. The fourth-order valence-electron chi connectivity index (χ4n) is 3.13. The predicted molar refractivity (Wildman–Crippen MR) is 98.7 cm³/mol. The number of rotatable bonds is 6. The lowest BCUT2D eigenvalue weighted by atomic mass is 10.1. The van der Waals surface area contributed by atoms with E-state index in [-0.39, 0.29) is 0 Å². The van der Waals surface area contributed by atoms with E-state index in [9.17, 15) is 0 Å². The minimum atomic E-state index is 0.645. The van der Waals surface area contributed by atoms with E-state index in [4.69, 9.17) is 9.05 Å². The Morgan fingerprint density at radius 2 is 1.44 bits per heavy atom. The van der Waals surface area contributed by atoms with Crippen LogP contribution >= 0.6 is 0 Å². The Morgan fingerprint density at radius 3 is 2.04 bits per heavy atom. The Kier molecular flexibility index (Phi) is 5.26. The minimum absolute atomic E-state index is 0.645. The SMILES string of the molecule is CCc1noc(CN2CCN(Cc3nc(-c4ccc(C)cc4)no3)CC2)n1. The molecule has 4 rings (SSSR count). The molecule has 0 spiro atoms. The Hall–Kier alpha value is -2.58. The van der Waals surface area contributed by atoms with Gasteiger partial charge in [0.2, 0.25) is 17.6 Å². The number of hydrogen-bond donors (Lipinski definition) is 0. The molecule has 1 aliphatic rings. The molecule has 8 nitrogen and oxygen atoms in total. The van der Waals surface area contributed by atoms with Gasteiger partial charge in [-0.3, -0.25) is 9.80 Å². The molecule has 142 valence electrons. The maximum atomic E-state index is 5.44. The third-order valence-corrected chi connectivity index (χ3v) is 4.79. The van der Waals surface area contributed by atoms with Gasteiger partial charge in [-0.1, -0.05) is 47.1 Å². The van der Waals surface area contributed by atoms with Crippen molar-refractivity contribution in [3.8, 4) is 11.4 Å². The zero-order valence-corrected chi connectivity index (χ0v) is 15.8. The van der Waals surface area contributed by atoms with Crippen LogP contribution in [0.5, 0.6) is 0 Å². The third-order valence-electron chi connectivity index (χ3n) is 4.79. The van der Waals surface area contributed by atoms with Crippen LogP contribution in [0.25, 0.3) is 11.4 Å². The molecule has 0 saturated carbocycles. The summed E-state index contributed by atoms with van der Waals surface area (Å²) in [4.78, 5) is 13.6. The van der Waals surface area contributed by atoms with Crippen LogP contribution in [0.3, 0.4) is 0 Å². The lowest BCUT2D eigenvalue weighted by molar-refractivity contribution is 0.103. The normalized spacial score (nSPS) is 16.1. The van der Waals surface area contributed by atoms with Crippen molar-refractivity contribution in [1.82, 2.24) is 30.1 Å². The van der Waals surface area contributed by atoms with Crippen LogP contribution in [0.1, 0.15) is 30.1 Å². The summed E-state index contributed by atoms with van der Waals surface area (Å²) in [7, 11) is 0. The molecule has 0 bridgehead atoms. The molecule has 0 N–H and O–H groups in total. The van der Waals surface area contributed by atoms with Gasteiger partial charge < -0.3 is 9.05 Å². The van der Waals surface area contributed by atoms with E-state index in [0.717, 1.165) is 44.0 Å². The van der Waals surface area contributed by atoms with E-state index in [0.29, 0.717) is 30.7 Å². The summed E-state index contributed by atoms with van der Waals surface area (Å²) in [5, 5.41) is 8.06. The summed E-state index contributed by atoms with van der Waals surface area (Å²) in [5.41, 5.74) is 2.19. The molecule has 1 fully saturated rings. The predicted octanol–water partition coefficient (Wildman–Crippen LogP) is 2.31. The van der Waals surface area contributed by atoms with Gasteiger partial charge in [0.15, 0.2) is 5.82 Å². The van der Waals surface area contributed by atoms with Gasteiger partial charge in [-0.15, -0.1) is 0 Å². The van der Waals surface area contributed by atoms with Crippen molar-refractivity contribution in [2.75, 3.05) is 26.2 Å². The minimum Gasteiger partial charge on any atom is -0.338 e. The number of hydrogen-bond acceptors (Lipinski definition) is 8. The molecule has 0 unspecified atom stereocenters. The first-order chi connectivity index (χ1) is 13.2. The topological polar surface area (TPSA) is 84.3 Å². The zero-order valence-electron chi connectivity index (χ0n) is 15.8. The molecule has 8 heteroatoms. The van der Waals surface area contributed by atoms with E-state index in [2.05, 4.69) is 49.1 Å². The summed E-state index contributed by atoms with van der Waals surface area (Å²) >= 11 is 0. The van der Waals surface area contributed by atoms with Crippen LogP contribution in [0, 0.1) is 6.92 Å². The maximum Gasteiger partial charge on any atom is 0.241 e. The van der Waals surface area contributed by atoms with Gasteiger partial charge in [0.05, 0.1) is 13.1 Å². The Labute approximate surface area is 158 Å². The highest BCUT2D eigenvalue weighted by Gasteiger charge is 2.21. The highest BCUT2D eigenvalue weighted by Crippen LogP contribution is 2.17. The molecular formula is C19H24N6O2. The average molecular weight is 368 g/mol. The summed E-state index contributed by atoms with van der Waals surface area (Å²) in [6.07, 6.45) is 0.798. The first-order valence-corrected chi connectivity index (χ1v) is 9.35. The lowest BCUT2D eigenvalue weighted by Crippen LogP contribution is -2.45. The second kappa shape index (κ2) is 7.98. The van der Waals surface area contributed by atoms with E-state index >= 15 is 0 Å². The molecule has 0 atom stereocenters. The number of benzene rings is 1. The molecule has 1 aliphatic heterocycles. The first-order valence-electron chi connectivity index (χ1n) is 9.35. The van der Waals surface area contributed by atoms with Crippen molar-refractivity contribution < 1.29 is 9.05 Å². The molecule has 0 amide bonds. The van der Waals surface area contributed by atoms with Crippen molar-refractivity contribution in [2.45, 2.75) is 33.4 Å². The monoisotopic (exact) mass is 368 g/mol. The van der Waals surface area contributed by atoms with Gasteiger partial charge in [0.25, 0.3) is 0 Å².